The molecule has 19 heavy (non-hydrogen) atoms. The van der Waals surface area contributed by atoms with Crippen LogP contribution in [0.25, 0.3) is 0 Å². The molecule has 1 aliphatic rings. The second-order valence-corrected chi connectivity index (χ2v) is 4.13. The van der Waals surface area contributed by atoms with Gasteiger partial charge in [0.1, 0.15) is 0 Å². The maximum Gasteiger partial charge on any atom is 0.299 e. The van der Waals surface area contributed by atoms with Crippen LogP contribution in [0, 0.1) is 0 Å². The maximum absolute atomic E-state index is 11.8. The number of anilines is 1. The van der Waals surface area contributed by atoms with E-state index in [9.17, 15) is 14.4 Å². The minimum atomic E-state index is -0.589. The Labute approximate surface area is 110 Å². The fourth-order valence-corrected chi connectivity index (χ4v) is 1.94. The first-order chi connectivity index (χ1) is 9.06. The number of amides is 2. The standard InChI is InChI=1S/C13H14N2O4/c1-14(19-2)11(16)7-8-15-10-6-4-3-5-9(10)12(17)13(15)18/h3-6H,7-8H2,1-2H3. The van der Waals surface area contributed by atoms with Gasteiger partial charge in [0, 0.05) is 20.0 Å². The molecule has 6 nitrogen and oxygen atoms in total. The van der Waals surface area contributed by atoms with Gasteiger partial charge in [0.05, 0.1) is 18.4 Å². The van der Waals surface area contributed by atoms with Crippen LogP contribution in [0.15, 0.2) is 24.3 Å². The molecule has 0 atom stereocenters. The summed E-state index contributed by atoms with van der Waals surface area (Å²) in [7, 11) is 2.88. The van der Waals surface area contributed by atoms with Gasteiger partial charge in [-0.25, -0.2) is 5.06 Å². The highest BCUT2D eigenvalue weighted by Crippen LogP contribution is 2.28. The van der Waals surface area contributed by atoms with Gasteiger partial charge in [-0.1, -0.05) is 12.1 Å². The molecule has 0 aromatic heterocycles. The van der Waals surface area contributed by atoms with E-state index in [0.717, 1.165) is 5.06 Å². The normalized spacial score (nSPS) is 13.7. The fourth-order valence-electron chi connectivity index (χ4n) is 1.94. The van der Waals surface area contributed by atoms with Crippen molar-refractivity contribution in [2.45, 2.75) is 6.42 Å². The van der Waals surface area contributed by atoms with Crippen LogP contribution < -0.4 is 4.90 Å². The van der Waals surface area contributed by atoms with Crippen molar-refractivity contribution >= 4 is 23.3 Å². The molecule has 1 aromatic carbocycles. The monoisotopic (exact) mass is 262 g/mol. The molecule has 100 valence electrons. The second kappa shape index (κ2) is 5.19. The zero-order valence-electron chi connectivity index (χ0n) is 10.8. The Bertz CT molecular complexity index is 541. The van der Waals surface area contributed by atoms with E-state index in [2.05, 4.69) is 0 Å². The quantitative estimate of drug-likeness (QED) is 0.589. The lowest BCUT2D eigenvalue weighted by molar-refractivity contribution is -0.168. The summed E-state index contributed by atoms with van der Waals surface area (Å²) in [6.45, 7) is 0.161. The lowest BCUT2D eigenvalue weighted by atomic mass is 10.1. The summed E-state index contributed by atoms with van der Waals surface area (Å²) in [5.74, 6) is -1.37. The Hall–Kier alpha value is -2.21. The zero-order valence-corrected chi connectivity index (χ0v) is 10.8. The molecular formula is C13H14N2O4. The Morgan fingerprint density at radius 2 is 2.00 bits per heavy atom. The number of hydrogen-bond donors (Lipinski definition) is 0. The van der Waals surface area contributed by atoms with Gasteiger partial charge in [0.2, 0.25) is 5.91 Å². The third kappa shape index (κ3) is 2.34. The third-order valence-corrected chi connectivity index (χ3v) is 3.05. The van der Waals surface area contributed by atoms with E-state index in [4.69, 9.17) is 4.84 Å². The predicted octanol–water partition coefficient (Wildman–Crippen LogP) is 0.626. The first-order valence-corrected chi connectivity index (χ1v) is 5.82. The number of hydroxylamine groups is 2. The lowest BCUT2D eigenvalue weighted by Crippen LogP contribution is -2.34. The number of fused-ring (bicyclic) bond motifs is 1. The number of rotatable bonds is 4. The first kappa shape index (κ1) is 13.2. The molecule has 2 rings (SSSR count). The maximum atomic E-state index is 11.8. The minimum absolute atomic E-state index is 0.0949. The van der Waals surface area contributed by atoms with Gasteiger partial charge in [-0.3, -0.25) is 19.2 Å². The first-order valence-electron chi connectivity index (χ1n) is 5.82. The van der Waals surface area contributed by atoms with Crippen LogP contribution in [0.2, 0.25) is 0 Å². The Morgan fingerprint density at radius 1 is 1.32 bits per heavy atom. The van der Waals surface area contributed by atoms with Crippen LogP contribution in [0.5, 0.6) is 0 Å². The van der Waals surface area contributed by atoms with E-state index in [1.807, 2.05) is 0 Å². The second-order valence-electron chi connectivity index (χ2n) is 4.13. The number of benzene rings is 1. The molecule has 6 heteroatoms. The summed E-state index contributed by atoms with van der Waals surface area (Å²) >= 11 is 0. The molecule has 0 unspecified atom stereocenters. The van der Waals surface area contributed by atoms with E-state index in [1.165, 1.54) is 19.1 Å². The number of carbonyl (C=O) groups is 3. The minimum Gasteiger partial charge on any atom is -0.304 e. The number of hydrogen-bond acceptors (Lipinski definition) is 4. The van der Waals surface area contributed by atoms with Crippen LogP contribution >= 0.6 is 0 Å². The van der Waals surface area contributed by atoms with Crippen molar-refractivity contribution in [3.8, 4) is 0 Å². The van der Waals surface area contributed by atoms with E-state index < -0.39 is 11.7 Å². The number of Topliss-reactive ketones (excluding diaryl/α,β-unsaturated/α-hetero) is 1. The molecule has 0 spiro atoms. The zero-order chi connectivity index (χ0) is 14.0. The molecule has 0 bridgehead atoms. The van der Waals surface area contributed by atoms with Crippen molar-refractivity contribution in [1.82, 2.24) is 5.06 Å². The van der Waals surface area contributed by atoms with Crippen molar-refractivity contribution < 1.29 is 19.2 Å². The van der Waals surface area contributed by atoms with E-state index in [0.29, 0.717) is 11.3 Å². The van der Waals surface area contributed by atoms with E-state index >= 15 is 0 Å². The summed E-state index contributed by atoms with van der Waals surface area (Å²) in [5.41, 5.74) is 0.949. The molecule has 0 aliphatic carbocycles. The fraction of sp³-hybridized carbons (Fsp3) is 0.308. The summed E-state index contributed by atoms with van der Waals surface area (Å²) in [6, 6.07) is 6.76. The average Bonchev–Trinajstić information content (AvgIpc) is 2.68. The highest BCUT2D eigenvalue weighted by Gasteiger charge is 2.35. The van der Waals surface area contributed by atoms with Gasteiger partial charge in [-0.15, -0.1) is 0 Å². The number of nitrogens with zero attached hydrogens (tertiary/aromatic N) is 2. The number of para-hydroxylation sites is 1. The van der Waals surface area contributed by atoms with Crippen molar-refractivity contribution in [2.24, 2.45) is 0 Å². The smallest absolute Gasteiger partial charge is 0.299 e. The van der Waals surface area contributed by atoms with Gasteiger partial charge in [-0.2, -0.15) is 0 Å². The van der Waals surface area contributed by atoms with Gasteiger partial charge >= 0.3 is 0 Å². The molecule has 0 fully saturated rings. The summed E-state index contributed by atoms with van der Waals surface area (Å²) in [4.78, 5) is 41.3. The van der Waals surface area contributed by atoms with Crippen molar-refractivity contribution in [2.75, 3.05) is 25.6 Å². The highest BCUT2D eigenvalue weighted by atomic mass is 16.7. The van der Waals surface area contributed by atoms with E-state index in [-0.39, 0.29) is 18.9 Å². The predicted molar refractivity (Wildman–Crippen MR) is 67.5 cm³/mol. The Morgan fingerprint density at radius 3 is 2.68 bits per heavy atom. The van der Waals surface area contributed by atoms with Crippen molar-refractivity contribution in [1.29, 1.82) is 0 Å². The molecular weight excluding hydrogens is 248 g/mol. The van der Waals surface area contributed by atoms with Gasteiger partial charge in [-0.05, 0) is 12.1 Å². The molecule has 2 amide bonds. The van der Waals surface area contributed by atoms with Gasteiger partial charge < -0.3 is 4.90 Å². The van der Waals surface area contributed by atoms with Crippen LogP contribution in [0.1, 0.15) is 16.8 Å². The third-order valence-electron chi connectivity index (χ3n) is 3.05. The van der Waals surface area contributed by atoms with Gasteiger partial charge in [0.15, 0.2) is 0 Å². The lowest BCUT2D eigenvalue weighted by Gasteiger charge is -2.18. The summed E-state index contributed by atoms with van der Waals surface area (Å²) in [6.07, 6.45) is 0.0949. The molecule has 0 saturated heterocycles. The van der Waals surface area contributed by atoms with Crippen molar-refractivity contribution in [3.63, 3.8) is 0 Å². The number of ketones is 1. The SMILES string of the molecule is CON(C)C(=O)CCN1C(=O)C(=O)c2ccccc21. The Balaban J connectivity index is 2.12. The topological polar surface area (TPSA) is 66.9 Å². The van der Waals surface area contributed by atoms with Crippen LogP contribution in [-0.2, 0) is 14.4 Å². The molecule has 0 saturated carbocycles. The molecule has 1 heterocycles. The molecule has 1 aromatic rings. The van der Waals surface area contributed by atoms with Crippen LogP contribution in [0.3, 0.4) is 0 Å². The molecule has 0 N–H and O–H groups in total. The molecule has 0 radical (unpaired) electrons. The Kier molecular flexibility index (Phi) is 3.62. The van der Waals surface area contributed by atoms with Crippen LogP contribution in [-0.4, -0.2) is 43.4 Å². The van der Waals surface area contributed by atoms with Gasteiger partial charge in [0.25, 0.3) is 11.7 Å². The summed E-state index contributed by atoms with van der Waals surface area (Å²) in [5, 5.41) is 1.09. The summed E-state index contributed by atoms with van der Waals surface area (Å²) < 4.78 is 0. The molecule has 1 aliphatic heterocycles. The number of carbonyl (C=O) groups excluding carboxylic acids is 3. The van der Waals surface area contributed by atoms with Crippen molar-refractivity contribution in [3.05, 3.63) is 29.8 Å². The largest absolute Gasteiger partial charge is 0.304 e. The van der Waals surface area contributed by atoms with Crippen LogP contribution in [0.4, 0.5) is 5.69 Å². The highest BCUT2D eigenvalue weighted by molar-refractivity contribution is 6.52. The van der Waals surface area contributed by atoms with E-state index in [1.54, 1.807) is 24.3 Å². The average molecular weight is 262 g/mol.